The van der Waals surface area contributed by atoms with Gasteiger partial charge in [0.05, 0.1) is 17.7 Å². The molecule has 1 unspecified atom stereocenters. The van der Waals surface area contributed by atoms with Crippen molar-refractivity contribution in [2.45, 2.75) is 39.3 Å². The van der Waals surface area contributed by atoms with Crippen LogP contribution in [0.2, 0.25) is 0 Å². The SMILES string of the molecule is CC(C)CCn1ccc2cc(NC(=O)CC3NC(=O)c4ccccc4NC3=O)ccc21. The summed E-state index contributed by atoms with van der Waals surface area (Å²) in [5.41, 5.74) is 2.60. The number of carbonyl (C=O) groups excluding carboxylic acids is 3. The van der Waals surface area contributed by atoms with Crippen molar-refractivity contribution in [1.29, 1.82) is 0 Å². The van der Waals surface area contributed by atoms with Gasteiger partial charge in [-0.3, -0.25) is 14.4 Å². The maximum atomic E-state index is 12.6. The van der Waals surface area contributed by atoms with Crippen LogP contribution in [0.15, 0.2) is 54.7 Å². The maximum absolute atomic E-state index is 12.6. The summed E-state index contributed by atoms with van der Waals surface area (Å²) in [6.45, 7) is 5.36. The quantitative estimate of drug-likeness (QED) is 0.569. The molecule has 0 saturated heterocycles. The lowest BCUT2D eigenvalue weighted by Gasteiger charge is -2.14. The Kier molecular flexibility index (Phi) is 5.75. The number of anilines is 2. The molecular formula is C24H26N4O3. The van der Waals surface area contributed by atoms with Crippen LogP contribution in [0.3, 0.4) is 0 Å². The van der Waals surface area contributed by atoms with Crippen LogP contribution in [0, 0.1) is 5.92 Å². The Morgan fingerprint density at radius 2 is 1.94 bits per heavy atom. The Morgan fingerprint density at radius 3 is 2.74 bits per heavy atom. The van der Waals surface area contributed by atoms with Gasteiger partial charge in [0.15, 0.2) is 0 Å². The smallest absolute Gasteiger partial charge is 0.254 e. The van der Waals surface area contributed by atoms with Crippen LogP contribution in [0.1, 0.15) is 37.0 Å². The van der Waals surface area contributed by atoms with Crippen LogP contribution in [0.5, 0.6) is 0 Å². The number of nitrogens with one attached hydrogen (secondary N) is 3. The first-order valence-electron chi connectivity index (χ1n) is 10.5. The van der Waals surface area contributed by atoms with Gasteiger partial charge >= 0.3 is 0 Å². The molecule has 3 amide bonds. The molecule has 0 spiro atoms. The number of benzene rings is 2. The van der Waals surface area contributed by atoms with E-state index in [2.05, 4.69) is 40.6 Å². The summed E-state index contributed by atoms with van der Waals surface area (Å²) in [7, 11) is 0. The molecule has 1 aromatic heterocycles. The molecule has 0 radical (unpaired) electrons. The zero-order chi connectivity index (χ0) is 22.0. The average molecular weight is 418 g/mol. The minimum Gasteiger partial charge on any atom is -0.347 e. The fourth-order valence-corrected chi connectivity index (χ4v) is 3.72. The summed E-state index contributed by atoms with van der Waals surface area (Å²) in [5.74, 6) is -0.502. The highest BCUT2D eigenvalue weighted by Gasteiger charge is 2.29. The highest BCUT2D eigenvalue weighted by Crippen LogP contribution is 2.22. The highest BCUT2D eigenvalue weighted by atomic mass is 16.2. The van der Waals surface area contributed by atoms with Gasteiger partial charge < -0.3 is 20.5 Å². The van der Waals surface area contributed by atoms with Crippen molar-refractivity contribution < 1.29 is 14.4 Å². The lowest BCUT2D eigenvalue weighted by atomic mass is 10.1. The minimum absolute atomic E-state index is 0.154. The number of hydrogen-bond acceptors (Lipinski definition) is 3. The second kappa shape index (κ2) is 8.63. The number of hydrogen-bond donors (Lipinski definition) is 3. The fraction of sp³-hybridized carbons (Fsp3) is 0.292. The molecule has 2 aromatic carbocycles. The van der Waals surface area contributed by atoms with Gasteiger partial charge in [-0.15, -0.1) is 0 Å². The number of aromatic nitrogens is 1. The number of amides is 3. The summed E-state index contributed by atoms with van der Waals surface area (Å²) in [4.78, 5) is 37.5. The van der Waals surface area contributed by atoms with Crippen molar-refractivity contribution >= 4 is 40.0 Å². The summed E-state index contributed by atoms with van der Waals surface area (Å²) in [5, 5.41) is 9.23. The molecule has 4 rings (SSSR count). The zero-order valence-electron chi connectivity index (χ0n) is 17.6. The van der Waals surface area contributed by atoms with E-state index in [-0.39, 0.29) is 18.2 Å². The van der Waals surface area contributed by atoms with Gasteiger partial charge in [0, 0.05) is 29.3 Å². The normalized spacial score (nSPS) is 15.9. The first-order chi connectivity index (χ1) is 14.9. The Morgan fingerprint density at radius 1 is 1.13 bits per heavy atom. The molecule has 1 aliphatic rings. The van der Waals surface area contributed by atoms with Crippen LogP contribution in [0.25, 0.3) is 10.9 Å². The first-order valence-corrected chi connectivity index (χ1v) is 10.5. The zero-order valence-corrected chi connectivity index (χ0v) is 17.6. The molecule has 7 heteroatoms. The molecule has 160 valence electrons. The van der Waals surface area contributed by atoms with Gasteiger partial charge in [0.25, 0.3) is 5.91 Å². The molecular weight excluding hydrogens is 392 g/mol. The van der Waals surface area contributed by atoms with E-state index in [0.29, 0.717) is 22.9 Å². The molecule has 1 atom stereocenters. The average Bonchev–Trinajstić information content (AvgIpc) is 3.09. The third kappa shape index (κ3) is 4.60. The number of rotatable bonds is 6. The summed E-state index contributed by atoms with van der Waals surface area (Å²) < 4.78 is 2.21. The van der Waals surface area contributed by atoms with E-state index >= 15 is 0 Å². The van der Waals surface area contributed by atoms with Crippen LogP contribution in [0.4, 0.5) is 11.4 Å². The third-order valence-electron chi connectivity index (χ3n) is 5.44. The molecule has 7 nitrogen and oxygen atoms in total. The van der Waals surface area contributed by atoms with E-state index in [1.165, 1.54) is 0 Å². The van der Waals surface area contributed by atoms with Crippen LogP contribution in [-0.2, 0) is 16.1 Å². The minimum atomic E-state index is -0.944. The Bertz CT molecular complexity index is 1150. The van der Waals surface area contributed by atoms with E-state index in [4.69, 9.17) is 0 Å². The Labute approximate surface area is 180 Å². The molecule has 0 fully saturated rings. The molecule has 3 aromatic rings. The molecule has 31 heavy (non-hydrogen) atoms. The number of para-hydroxylation sites is 1. The largest absolute Gasteiger partial charge is 0.347 e. The van der Waals surface area contributed by atoms with E-state index in [0.717, 1.165) is 23.9 Å². The van der Waals surface area contributed by atoms with Gasteiger partial charge in [-0.05, 0) is 48.7 Å². The van der Waals surface area contributed by atoms with Crippen molar-refractivity contribution in [3.63, 3.8) is 0 Å². The van der Waals surface area contributed by atoms with Crippen molar-refractivity contribution in [3.8, 4) is 0 Å². The molecule has 0 bridgehead atoms. The van der Waals surface area contributed by atoms with Crippen molar-refractivity contribution in [2.75, 3.05) is 10.6 Å². The predicted octanol–water partition coefficient (Wildman–Crippen LogP) is 3.77. The predicted molar refractivity (Wildman–Crippen MR) is 121 cm³/mol. The lowest BCUT2D eigenvalue weighted by Crippen LogP contribution is -2.43. The topological polar surface area (TPSA) is 92.2 Å². The van der Waals surface area contributed by atoms with Crippen molar-refractivity contribution in [1.82, 2.24) is 9.88 Å². The number of nitrogens with zero attached hydrogens (tertiary/aromatic N) is 1. The fourth-order valence-electron chi connectivity index (χ4n) is 3.72. The molecule has 1 aliphatic heterocycles. The van der Waals surface area contributed by atoms with Crippen LogP contribution < -0.4 is 16.0 Å². The maximum Gasteiger partial charge on any atom is 0.254 e. The second-order valence-electron chi connectivity index (χ2n) is 8.28. The van der Waals surface area contributed by atoms with Crippen molar-refractivity contribution in [3.05, 3.63) is 60.3 Å². The van der Waals surface area contributed by atoms with Gasteiger partial charge in [0.2, 0.25) is 11.8 Å². The summed E-state index contributed by atoms with van der Waals surface area (Å²) in [6, 6.07) is 13.6. The molecule has 0 saturated carbocycles. The van der Waals surface area contributed by atoms with Crippen LogP contribution in [-0.4, -0.2) is 28.3 Å². The van der Waals surface area contributed by atoms with Crippen LogP contribution >= 0.6 is 0 Å². The van der Waals surface area contributed by atoms with Gasteiger partial charge in [-0.1, -0.05) is 26.0 Å². The Balaban J connectivity index is 1.42. The van der Waals surface area contributed by atoms with Gasteiger partial charge in [-0.2, -0.15) is 0 Å². The van der Waals surface area contributed by atoms with Gasteiger partial charge in [0.1, 0.15) is 6.04 Å². The first kappa shape index (κ1) is 20.7. The third-order valence-corrected chi connectivity index (χ3v) is 5.44. The van der Waals surface area contributed by atoms with E-state index in [1.54, 1.807) is 24.3 Å². The van der Waals surface area contributed by atoms with E-state index < -0.39 is 11.9 Å². The van der Waals surface area contributed by atoms with Crippen molar-refractivity contribution in [2.24, 2.45) is 5.92 Å². The molecule has 0 aliphatic carbocycles. The van der Waals surface area contributed by atoms with E-state index in [9.17, 15) is 14.4 Å². The number of aryl methyl sites for hydroxylation is 1. The number of carbonyl (C=O) groups is 3. The molecule has 2 heterocycles. The standard InChI is InChI=1S/C24H26N4O3/c1-15(2)9-11-28-12-10-16-13-17(7-8-21(16)28)25-22(29)14-20-24(31)26-19-6-4-3-5-18(19)23(30)27-20/h3-8,10,12-13,15,20H,9,11,14H2,1-2H3,(H,25,29)(H,26,31)(H,27,30). The summed E-state index contributed by atoms with van der Waals surface area (Å²) >= 11 is 0. The monoisotopic (exact) mass is 418 g/mol. The summed E-state index contributed by atoms with van der Waals surface area (Å²) in [6.07, 6.45) is 3.00. The van der Waals surface area contributed by atoms with E-state index in [1.807, 2.05) is 24.3 Å². The van der Waals surface area contributed by atoms with Gasteiger partial charge in [-0.25, -0.2) is 0 Å². The highest BCUT2D eigenvalue weighted by molar-refractivity contribution is 6.11. The lowest BCUT2D eigenvalue weighted by molar-refractivity contribution is -0.122. The number of fused-ring (bicyclic) bond motifs is 2. The second-order valence-corrected chi connectivity index (χ2v) is 8.28. The molecule has 3 N–H and O–H groups in total. The Hall–Kier alpha value is -3.61.